The molecule has 0 radical (unpaired) electrons. The van der Waals surface area contributed by atoms with Crippen molar-refractivity contribution >= 4 is 11.9 Å². The number of methoxy groups -OCH3 is 5. The minimum absolute atomic E-state index is 0.0593. The minimum atomic E-state index is -0.901. The van der Waals surface area contributed by atoms with Crippen molar-refractivity contribution in [2.24, 2.45) is 11.8 Å². The number of carbonyl (C=O) groups is 2. The van der Waals surface area contributed by atoms with Crippen LogP contribution in [0.1, 0.15) is 58.0 Å². The Morgan fingerprint density at radius 1 is 0.725 bits per heavy atom. The van der Waals surface area contributed by atoms with E-state index in [2.05, 4.69) is 0 Å². The number of esters is 2. The SMILES string of the molecule is C/C=C(\C)C(=O)O[C@H]1c2cc(OC)c(OC)c(O)c2-c2c(cc(OC)c(OC)c2OC)[C@@H](OC(C)=O)[C@H](C)[C@H]1C. The molecule has 2 aromatic carbocycles. The van der Waals surface area contributed by atoms with Gasteiger partial charge in [0, 0.05) is 46.6 Å². The van der Waals surface area contributed by atoms with E-state index >= 15 is 0 Å². The second-order valence-corrected chi connectivity index (χ2v) is 9.58. The van der Waals surface area contributed by atoms with Crippen LogP contribution in [0.2, 0.25) is 0 Å². The largest absolute Gasteiger partial charge is 0.504 e. The first-order valence-electron chi connectivity index (χ1n) is 12.8. The highest BCUT2D eigenvalue weighted by Gasteiger charge is 2.43. The van der Waals surface area contributed by atoms with Crippen LogP contribution in [0.3, 0.4) is 0 Å². The molecule has 2 aromatic rings. The molecule has 0 aromatic heterocycles. The predicted molar refractivity (Wildman–Crippen MR) is 147 cm³/mol. The Balaban J connectivity index is 2.62. The normalized spacial score (nSPS) is 20.2. The van der Waals surface area contributed by atoms with Gasteiger partial charge < -0.3 is 38.3 Å². The lowest BCUT2D eigenvalue weighted by Crippen LogP contribution is -2.31. The summed E-state index contributed by atoms with van der Waals surface area (Å²) >= 11 is 0. The number of fused-ring (bicyclic) bond motifs is 3. The lowest BCUT2D eigenvalue weighted by molar-refractivity contribution is -0.157. The molecule has 1 aliphatic rings. The fraction of sp³-hybridized carbons (Fsp3) is 0.467. The van der Waals surface area contributed by atoms with Crippen molar-refractivity contribution in [3.05, 3.63) is 34.9 Å². The number of allylic oxidation sites excluding steroid dienone is 1. The summed E-state index contributed by atoms with van der Waals surface area (Å²) in [5, 5.41) is 11.8. The Morgan fingerprint density at radius 2 is 1.20 bits per heavy atom. The van der Waals surface area contributed by atoms with Crippen LogP contribution < -0.4 is 23.7 Å². The van der Waals surface area contributed by atoms with E-state index in [4.69, 9.17) is 33.2 Å². The molecule has 1 N–H and O–H groups in total. The summed E-state index contributed by atoms with van der Waals surface area (Å²) in [5.41, 5.74) is 1.97. The van der Waals surface area contributed by atoms with Crippen molar-refractivity contribution in [3.63, 3.8) is 0 Å². The average molecular weight is 559 g/mol. The highest BCUT2D eigenvalue weighted by Crippen LogP contribution is 2.59. The van der Waals surface area contributed by atoms with E-state index in [9.17, 15) is 14.7 Å². The topological polar surface area (TPSA) is 119 Å². The zero-order valence-corrected chi connectivity index (χ0v) is 24.7. The van der Waals surface area contributed by atoms with Crippen molar-refractivity contribution in [3.8, 4) is 45.6 Å². The lowest BCUT2D eigenvalue weighted by atomic mass is 9.74. The van der Waals surface area contributed by atoms with E-state index in [-0.39, 0.29) is 34.3 Å². The van der Waals surface area contributed by atoms with Gasteiger partial charge >= 0.3 is 11.9 Å². The lowest BCUT2D eigenvalue weighted by Gasteiger charge is -2.38. The summed E-state index contributed by atoms with van der Waals surface area (Å²) in [6, 6.07) is 3.37. The molecule has 10 nitrogen and oxygen atoms in total. The third-order valence-electron chi connectivity index (χ3n) is 7.46. The summed E-state index contributed by atoms with van der Waals surface area (Å²) in [5.74, 6) is -1.03. The molecule has 1 aliphatic carbocycles. The standard InChI is InChI=1S/C30H38O10/c1-11-14(2)30(33)40-26-16(4)15(3)25(39-17(5)31)19-13-21(35-7)28(37-9)29(38-10)23(19)22-18(26)12-20(34-6)27(36-8)24(22)32/h11-13,15-16,25-26,32H,1-10H3/b14-11+/t15-,16-,25+,26-/m1/s1. The summed E-state index contributed by atoms with van der Waals surface area (Å²) < 4.78 is 40.2. The fourth-order valence-electron chi connectivity index (χ4n) is 5.10. The number of hydrogen-bond acceptors (Lipinski definition) is 10. The van der Waals surface area contributed by atoms with E-state index in [1.165, 1.54) is 42.5 Å². The monoisotopic (exact) mass is 558 g/mol. The van der Waals surface area contributed by atoms with E-state index in [0.29, 0.717) is 28.0 Å². The van der Waals surface area contributed by atoms with E-state index in [1.807, 2.05) is 13.8 Å². The number of rotatable bonds is 8. The van der Waals surface area contributed by atoms with Crippen LogP contribution in [0.4, 0.5) is 0 Å². The van der Waals surface area contributed by atoms with Crippen LogP contribution in [0.25, 0.3) is 11.1 Å². The molecular weight excluding hydrogens is 520 g/mol. The number of hydrogen-bond donors (Lipinski definition) is 1. The van der Waals surface area contributed by atoms with Crippen LogP contribution in [0.5, 0.6) is 34.5 Å². The molecule has 0 saturated carbocycles. The summed E-state index contributed by atoms with van der Waals surface area (Å²) in [4.78, 5) is 25.5. The number of carbonyl (C=O) groups excluding carboxylic acids is 2. The molecule has 0 saturated heterocycles. The zero-order chi connectivity index (χ0) is 29.9. The van der Waals surface area contributed by atoms with Crippen molar-refractivity contribution in [1.29, 1.82) is 0 Å². The van der Waals surface area contributed by atoms with Gasteiger partial charge in [0.2, 0.25) is 11.5 Å². The molecule has 0 fully saturated rings. The second kappa shape index (κ2) is 12.4. The molecular formula is C30H38O10. The molecule has 0 unspecified atom stereocenters. The van der Waals surface area contributed by atoms with Gasteiger partial charge in [-0.25, -0.2) is 4.79 Å². The molecule has 40 heavy (non-hydrogen) atoms. The Hall–Kier alpha value is -4.08. The number of aromatic hydroxyl groups is 1. The summed E-state index contributed by atoms with van der Waals surface area (Å²) in [6.07, 6.45) is -0.0910. The van der Waals surface area contributed by atoms with Crippen molar-refractivity contribution < 1.29 is 47.9 Å². The summed E-state index contributed by atoms with van der Waals surface area (Å²) in [7, 11) is 7.25. The summed E-state index contributed by atoms with van der Waals surface area (Å²) in [6.45, 7) is 8.51. The third-order valence-corrected chi connectivity index (χ3v) is 7.46. The van der Waals surface area contributed by atoms with Crippen LogP contribution in [-0.4, -0.2) is 52.6 Å². The maximum atomic E-state index is 13.1. The van der Waals surface area contributed by atoms with Gasteiger partial charge in [0.1, 0.15) is 12.2 Å². The highest BCUT2D eigenvalue weighted by molar-refractivity contribution is 5.90. The minimum Gasteiger partial charge on any atom is -0.504 e. The zero-order valence-electron chi connectivity index (χ0n) is 24.7. The van der Waals surface area contributed by atoms with Crippen molar-refractivity contribution in [2.45, 2.75) is 46.8 Å². The second-order valence-electron chi connectivity index (χ2n) is 9.58. The van der Waals surface area contributed by atoms with E-state index < -0.39 is 36.0 Å². The van der Waals surface area contributed by atoms with Gasteiger partial charge in [0.05, 0.1) is 35.5 Å². The fourth-order valence-corrected chi connectivity index (χ4v) is 5.10. The predicted octanol–water partition coefficient (Wildman–Crippen LogP) is 5.54. The van der Waals surface area contributed by atoms with E-state index in [0.717, 1.165) is 0 Å². The van der Waals surface area contributed by atoms with Gasteiger partial charge in [0.15, 0.2) is 23.0 Å². The van der Waals surface area contributed by atoms with Gasteiger partial charge in [0.25, 0.3) is 0 Å². The maximum absolute atomic E-state index is 13.1. The van der Waals surface area contributed by atoms with Gasteiger partial charge in [-0.2, -0.15) is 0 Å². The molecule has 4 atom stereocenters. The molecule has 0 amide bonds. The van der Waals surface area contributed by atoms with Gasteiger partial charge in [-0.1, -0.05) is 19.9 Å². The smallest absolute Gasteiger partial charge is 0.333 e. The van der Waals surface area contributed by atoms with Crippen molar-refractivity contribution in [2.75, 3.05) is 35.5 Å². The quantitative estimate of drug-likeness (QED) is 0.327. The highest BCUT2D eigenvalue weighted by atomic mass is 16.6. The first-order valence-corrected chi connectivity index (χ1v) is 12.8. The molecule has 0 heterocycles. The molecule has 3 rings (SSSR count). The molecule has 10 heteroatoms. The van der Waals surface area contributed by atoms with Crippen LogP contribution >= 0.6 is 0 Å². The Morgan fingerprint density at radius 3 is 1.65 bits per heavy atom. The van der Waals surface area contributed by atoms with Crippen LogP contribution in [-0.2, 0) is 19.1 Å². The van der Waals surface area contributed by atoms with Gasteiger partial charge in [-0.3, -0.25) is 4.79 Å². The Labute approximate surface area is 234 Å². The molecule has 0 spiro atoms. The van der Waals surface area contributed by atoms with Crippen LogP contribution in [0, 0.1) is 11.8 Å². The first kappa shape index (κ1) is 30.5. The van der Waals surface area contributed by atoms with Crippen LogP contribution in [0.15, 0.2) is 23.8 Å². The number of benzene rings is 2. The van der Waals surface area contributed by atoms with E-state index in [1.54, 1.807) is 32.1 Å². The Bertz CT molecular complexity index is 1310. The number of phenols is 1. The maximum Gasteiger partial charge on any atom is 0.333 e. The van der Waals surface area contributed by atoms with Crippen molar-refractivity contribution in [1.82, 2.24) is 0 Å². The third kappa shape index (κ3) is 5.22. The molecule has 218 valence electrons. The first-order chi connectivity index (χ1) is 19.0. The van der Waals surface area contributed by atoms with Gasteiger partial charge in [-0.05, 0) is 26.0 Å². The molecule has 0 aliphatic heterocycles. The van der Waals surface area contributed by atoms with Gasteiger partial charge in [-0.15, -0.1) is 0 Å². The number of ether oxygens (including phenoxy) is 7. The molecule has 0 bridgehead atoms. The Kier molecular flexibility index (Phi) is 9.44. The number of phenolic OH excluding ortho intramolecular Hbond substituents is 1. The average Bonchev–Trinajstić information content (AvgIpc) is 2.95.